The van der Waals surface area contributed by atoms with Gasteiger partial charge in [0.2, 0.25) is 0 Å². The fraction of sp³-hybridized carbons (Fsp3) is 0.562. The van der Waals surface area contributed by atoms with Crippen LogP contribution in [0.2, 0.25) is 0 Å². The molecule has 1 rings (SSSR count). The van der Waals surface area contributed by atoms with Gasteiger partial charge >= 0.3 is 17.9 Å². The van der Waals surface area contributed by atoms with Crippen LogP contribution < -0.4 is 0 Å². The molecule has 6 heteroatoms. The zero-order valence-corrected chi connectivity index (χ0v) is 13.2. The summed E-state index contributed by atoms with van der Waals surface area (Å²) in [5.41, 5.74) is -0.139. The van der Waals surface area contributed by atoms with Crippen molar-refractivity contribution in [1.82, 2.24) is 0 Å². The van der Waals surface area contributed by atoms with Gasteiger partial charge in [-0.1, -0.05) is 12.7 Å². The van der Waals surface area contributed by atoms with Crippen LogP contribution in [0.25, 0.3) is 0 Å². The normalized spacial score (nSPS) is 23.1. The molecule has 22 heavy (non-hydrogen) atoms. The predicted molar refractivity (Wildman–Crippen MR) is 78.8 cm³/mol. The van der Waals surface area contributed by atoms with Crippen molar-refractivity contribution in [2.45, 2.75) is 51.7 Å². The molecule has 0 fully saturated rings. The second-order valence-corrected chi connectivity index (χ2v) is 5.27. The van der Waals surface area contributed by atoms with Crippen molar-refractivity contribution in [2.24, 2.45) is 0 Å². The van der Waals surface area contributed by atoms with E-state index in [1.54, 1.807) is 0 Å². The van der Waals surface area contributed by atoms with Gasteiger partial charge in [0.15, 0.2) is 0 Å². The standard InChI is InChI=1S/C16H22O6/c1-11(6-5-7-15(19)21-14(4)18)16(10-20-13(3)17)9-8-12(2)22-16/h8-9,12H,1,5-7,10H2,2-4H3. The van der Waals surface area contributed by atoms with Crippen molar-refractivity contribution in [1.29, 1.82) is 0 Å². The molecule has 0 aromatic heterocycles. The first-order chi connectivity index (χ1) is 10.2. The lowest BCUT2D eigenvalue weighted by atomic mass is 9.92. The van der Waals surface area contributed by atoms with Crippen molar-refractivity contribution in [3.05, 3.63) is 24.3 Å². The lowest BCUT2D eigenvalue weighted by molar-refractivity contribution is -0.158. The molecule has 1 heterocycles. The minimum Gasteiger partial charge on any atom is -0.462 e. The van der Waals surface area contributed by atoms with Gasteiger partial charge in [0.25, 0.3) is 0 Å². The monoisotopic (exact) mass is 310 g/mol. The molecule has 1 aliphatic heterocycles. The van der Waals surface area contributed by atoms with Gasteiger partial charge in [0, 0.05) is 20.3 Å². The maximum atomic E-state index is 11.3. The summed E-state index contributed by atoms with van der Waals surface area (Å²) >= 11 is 0. The van der Waals surface area contributed by atoms with Gasteiger partial charge in [-0.3, -0.25) is 14.4 Å². The third-order valence-corrected chi connectivity index (χ3v) is 3.24. The highest BCUT2D eigenvalue weighted by molar-refractivity contribution is 5.83. The molecule has 6 nitrogen and oxygen atoms in total. The Kier molecular flexibility index (Phi) is 6.49. The first-order valence-corrected chi connectivity index (χ1v) is 7.15. The van der Waals surface area contributed by atoms with E-state index < -0.39 is 23.5 Å². The zero-order valence-electron chi connectivity index (χ0n) is 13.2. The highest BCUT2D eigenvalue weighted by Crippen LogP contribution is 2.33. The minimum atomic E-state index is -0.852. The summed E-state index contributed by atoms with van der Waals surface area (Å²) in [7, 11) is 0. The van der Waals surface area contributed by atoms with Crippen molar-refractivity contribution in [2.75, 3.05) is 6.61 Å². The number of esters is 3. The van der Waals surface area contributed by atoms with Crippen LogP contribution in [0.15, 0.2) is 24.3 Å². The predicted octanol–water partition coefficient (Wildman–Crippen LogP) is 2.08. The van der Waals surface area contributed by atoms with E-state index in [0.29, 0.717) is 18.4 Å². The fourth-order valence-electron chi connectivity index (χ4n) is 2.16. The number of carbonyl (C=O) groups is 3. The van der Waals surface area contributed by atoms with Crippen LogP contribution in [0.5, 0.6) is 0 Å². The Morgan fingerprint density at radius 2 is 1.91 bits per heavy atom. The van der Waals surface area contributed by atoms with Crippen LogP contribution >= 0.6 is 0 Å². The van der Waals surface area contributed by atoms with Gasteiger partial charge in [-0.05, 0) is 31.4 Å². The van der Waals surface area contributed by atoms with Gasteiger partial charge in [0.1, 0.15) is 12.2 Å². The van der Waals surface area contributed by atoms with E-state index in [2.05, 4.69) is 11.3 Å². The third-order valence-electron chi connectivity index (χ3n) is 3.24. The Morgan fingerprint density at radius 3 is 2.41 bits per heavy atom. The van der Waals surface area contributed by atoms with Crippen LogP contribution in [-0.4, -0.2) is 36.2 Å². The van der Waals surface area contributed by atoms with Crippen LogP contribution in [0.1, 0.15) is 40.0 Å². The third kappa shape index (κ3) is 5.44. The Hall–Kier alpha value is -1.95. The molecule has 122 valence electrons. The van der Waals surface area contributed by atoms with Crippen molar-refractivity contribution in [3.8, 4) is 0 Å². The molecule has 0 N–H and O–H groups in total. The molecule has 2 unspecified atom stereocenters. The van der Waals surface area contributed by atoms with E-state index in [-0.39, 0.29) is 19.1 Å². The Labute approximate surface area is 130 Å². The van der Waals surface area contributed by atoms with Gasteiger partial charge in [-0.25, -0.2) is 0 Å². The van der Waals surface area contributed by atoms with E-state index in [1.807, 2.05) is 19.1 Å². The van der Waals surface area contributed by atoms with Gasteiger partial charge in [-0.15, -0.1) is 0 Å². The molecule has 0 saturated heterocycles. The molecular formula is C16H22O6. The topological polar surface area (TPSA) is 78.9 Å². The molecule has 2 atom stereocenters. The SMILES string of the molecule is C=C(CCCC(=O)OC(C)=O)C1(COC(C)=O)C=CC(C)O1. The smallest absolute Gasteiger partial charge is 0.313 e. The average molecular weight is 310 g/mol. The highest BCUT2D eigenvalue weighted by Gasteiger charge is 2.37. The fourth-order valence-corrected chi connectivity index (χ4v) is 2.16. The zero-order chi connectivity index (χ0) is 16.8. The quantitative estimate of drug-likeness (QED) is 0.407. The molecule has 0 amide bonds. The van der Waals surface area contributed by atoms with E-state index >= 15 is 0 Å². The Bertz CT molecular complexity index is 493. The van der Waals surface area contributed by atoms with Crippen molar-refractivity contribution in [3.63, 3.8) is 0 Å². The molecule has 0 radical (unpaired) electrons. The molecular weight excluding hydrogens is 288 g/mol. The lowest BCUT2D eigenvalue weighted by Crippen LogP contribution is -2.37. The average Bonchev–Trinajstić information content (AvgIpc) is 2.78. The van der Waals surface area contributed by atoms with Crippen molar-refractivity contribution < 1.29 is 28.6 Å². The number of hydrogen-bond donors (Lipinski definition) is 0. The van der Waals surface area contributed by atoms with Gasteiger partial charge in [0.05, 0.1) is 6.10 Å². The van der Waals surface area contributed by atoms with E-state index in [1.165, 1.54) is 13.8 Å². The molecule has 1 aliphatic rings. The first kappa shape index (κ1) is 18.1. The molecule has 0 aromatic rings. The van der Waals surface area contributed by atoms with Crippen LogP contribution in [0.4, 0.5) is 0 Å². The van der Waals surface area contributed by atoms with Crippen LogP contribution in [0.3, 0.4) is 0 Å². The van der Waals surface area contributed by atoms with E-state index in [0.717, 1.165) is 0 Å². The molecule has 0 saturated carbocycles. The summed E-state index contributed by atoms with van der Waals surface area (Å²) in [5.74, 6) is -1.58. The molecule has 0 aliphatic carbocycles. The van der Waals surface area contributed by atoms with Crippen LogP contribution in [0, 0.1) is 0 Å². The summed E-state index contributed by atoms with van der Waals surface area (Å²) in [6.45, 7) is 8.44. The van der Waals surface area contributed by atoms with Gasteiger partial charge < -0.3 is 14.2 Å². The van der Waals surface area contributed by atoms with Crippen LogP contribution in [-0.2, 0) is 28.6 Å². The lowest BCUT2D eigenvalue weighted by Gasteiger charge is -2.30. The maximum Gasteiger partial charge on any atom is 0.313 e. The summed E-state index contributed by atoms with van der Waals surface area (Å²) < 4.78 is 15.3. The van der Waals surface area contributed by atoms with E-state index in [9.17, 15) is 14.4 Å². The Balaban J connectivity index is 2.55. The summed E-state index contributed by atoms with van der Waals surface area (Å²) in [6, 6.07) is 0. The summed E-state index contributed by atoms with van der Waals surface area (Å²) in [5, 5.41) is 0. The number of carbonyl (C=O) groups excluding carboxylic acids is 3. The first-order valence-electron chi connectivity index (χ1n) is 7.15. The Morgan fingerprint density at radius 1 is 1.23 bits per heavy atom. The second-order valence-electron chi connectivity index (χ2n) is 5.27. The van der Waals surface area contributed by atoms with E-state index in [4.69, 9.17) is 9.47 Å². The summed E-state index contributed by atoms with van der Waals surface area (Å²) in [6.07, 6.45) is 4.68. The molecule has 0 spiro atoms. The maximum absolute atomic E-state index is 11.3. The number of rotatable bonds is 7. The molecule has 0 bridgehead atoms. The highest BCUT2D eigenvalue weighted by atomic mass is 16.6. The van der Waals surface area contributed by atoms with Crippen molar-refractivity contribution >= 4 is 17.9 Å². The second kappa shape index (κ2) is 7.89. The van der Waals surface area contributed by atoms with Gasteiger partial charge in [-0.2, -0.15) is 0 Å². The summed E-state index contributed by atoms with van der Waals surface area (Å²) in [4.78, 5) is 33.0. The molecule has 0 aromatic carbocycles. The minimum absolute atomic E-state index is 0.0555. The number of ether oxygens (including phenoxy) is 3. The largest absolute Gasteiger partial charge is 0.462 e. The number of hydrogen-bond acceptors (Lipinski definition) is 6.